The van der Waals surface area contributed by atoms with Gasteiger partial charge in [0.25, 0.3) is 0 Å². The van der Waals surface area contributed by atoms with E-state index in [2.05, 4.69) is 23.5 Å². The monoisotopic (exact) mass is 551 g/mol. The van der Waals surface area contributed by atoms with Gasteiger partial charge in [-0.1, -0.05) is 43.3 Å². The number of carbonyl (C=O) groups excluding carboxylic acids is 3. The third-order valence-corrected chi connectivity index (χ3v) is 8.51. The van der Waals surface area contributed by atoms with Gasteiger partial charge in [0, 0.05) is 6.54 Å². The minimum Gasteiger partial charge on any atom is -0.465 e. The van der Waals surface area contributed by atoms with E-state index in [9.17, 15) is 19.5 Å². The van der Waals surface area contributed by atoms with E-state index in [0.717, 1.165) is 5.52 Å². The van der Waals surface area contributed by atoms with Crippen molar-refractivity contribution in [2.75, 3.05) is 19.8 Å². The SMILES string of the molecule is C=CCCOC(=O)[C@@H]1[C@@H]2CCC3(O2)C(C(=O)N(CC=C)Cn2nnc4ccccc42)N([C@@H](CO)C(C)C)C(=O)[C@H]13. The molecule has 1 aromatic heterocycles. The highest BCUT2D eigenvalue weighted by atomic mass is 16.6. The molecule has 5 rings (SSSR count). The normalized spacial score (nSPS) is 27.7. The van der Waals surface area contributed by atoms with E-state index in [1.54, 1.807) is 21.7 Å². The standard InChI is InChI=1S/C29H37N5O6/c1-5-7-15-39-28(38)23-22-12-13-29(40-22)24(23)26(36)34(21(16-35)18(3)4)25(29)27(37)32(14-6-2)17-33-20-11-9-8-10-19(20)30-31-33/h5-6,8-11,18,21-25,35H,1-2,7,12-17H2,3-4H3/t21-,22-,23+,24-,25?,29?/m0/s1. The van der Waals surface area contributed by atoms with Crippen molar-refractivity contribution < 1.29 is 29.0 Å². The number of aromatic nitrogens is 3. The largest absolute Gasteiger partial charge is 0.465 e. The number of esters is 1. The number of carbonyl (C=O) groups is 3. The molecule has 11 nitrogen and oxygen atoms in total. The number of rotatable bonds is 12. The van der Waals surface area contributed by atoms with E-state index in [4.69, 9.17) is 9.47 Å². The van der Waals surface area contributed by atoms with Crippen LogP contribution in [-0.4, -0.2) is 91.2 Å². The maximum absolute atomic E-state index is 14.5. The Bertz CT molecular complexity index is 1310. The van der Waals surface area contributed by atoms with Crippen molar-refractivity contribution in [3.63, 3.8) is 0 Å². The number of ether oxygens (including phenoxy) is 2. The maximum atomic E-state index is 14.5. The van der Waals surface area contributed by atoms with Gasteiger partial charge in [0.15, 0.2) is 0 Å². The zero-order valence-corrected chi connectivity index (χ0v) is 23.0. The second kappa shape index (κ2) is 11.1. The Kier molecular flexibility index (Phi) is 7.78. The molecule has 40 heavy (non-hydrogen) atoms. The summed E-state index contributed by atoms with van der Waals surface area (Å²) >= 11 is 0. The lowest BCUT2D eigenvalue weighted by Crippen LogP contribution is -2.59. The summed E-state index contributed by atoms with van der Waals surface area (Å²) in [6, 6.07) is 5.78. The van der Waals surface area contributed by atoms with Crippen LogP contribution in [0.1, 0.15) is 33.1 Å². The molecule has 6 atom stereocenters. The molecular formula is C29H37N5O6. The molecule has 214 valence electrons. The fourth-order valence-corrected chi connectivity index (χ4v) is 6.68. The Labute approximate surface area is 233 Å². The van der Waals surface area contributed by atoms with Gasteiger partial charge in [0.05, 0.1) is 42.7 Å². The van der Waals surface area contributed by atoms with Crippen molar-refractivity contribution >= 4 is 28.8 Å². The molecule has 0 radical (unpaired) electrons. The van der Waals surface area contributed by atoms with Crippen molar-refractivity contribution in [3.05, 3.63) is 49.6 Å². The van der Waals surface area contributed by atoms with Crippen LogP contribution in [0.2, 0.25) is 0 Å². The van der Waals surface area contributed by atoms with E-state index in [0.29, 0.717) is 24.8 Å². The molecule has 2 amide bonds. The van der Waals surface area contributed by atoms with Gasteiger partial charge in [-0.15, -0.1) is 18.3 Å². The molecule has 3 fully saturated rings. The van der Waals surface area contributed by atoms with Gasteiger partial charge in [-0.05, 0) is 37.3 Å². The number of amides is 2. The Balaban J connectivity index is 1.53. The van der Waals surface area contributed by atoms with Crippen LogP contribution in [0, 0.1) is 17.8 Å². The summed E-state index contributed by atoms with van der Waals surface area (Å²) < 4.78 is 13.6. The number of para-hydroxylation sites is 1. The summed E-state index contributed by atoms with van der Waals surface area (Å²) in [4.78, 5) is 45.0. The van der Waals surface area contributed by atoms with Crippen LogP contribution in [0.15, 0.2) is 49.6 Å². The zero-order chi connectivity index (χ0) is 28.6. The fraction of sp³-hybridized carbons (Fsp3) is 0.552. The minimum absolute atomic E-state index is 0.0760. The van der Waals surface area contributed by atoms with Gasteiger partial charge in [0.1, 0.15) is 23.8 Å². The summed E-state index contributed by atoms with van der Waals surface area (Å²) in [6.45, 7) is 11.4. The highest BCUT2D eigenvalue weighted by Crippen LogP contribution is 2.59. The number of likely N-dealkylation sites (tertiary alicyclic amines) is 1. The number of hydrogen-bond donors (Lipinski definition) is 1. The summed E-state index contributed by atoms with van der Waals surface area (Å²) in [6.07, 6.45) is 4.23. The summed E-state index contributed by atoms with van der Waals surface area (Å²) in [5.74, 6) is -3.05. The Morgan fingerprint density at radius 2 is 2.08 bits per heavy atom. The first-order valence-corrected chi connectivity index (χ1v) is 13.8. The Hall–Kier alpha value is -3.57. The first kappa shape index (κ1) is 28.0. The second-order valence-corrected chi connectivity index (χ2v) is 11.1. The lowest BCUT2D eigenvalue weighted by molar-refractivity contribution is -0.157. The molecule has 3 aliphatic heterocycles. The van der Waals surface area contributed by atoms with Crippen LogP contribution in [0.4, 0.5) is 0 Å². The van der Waals surface area contributed by atoms with Gasteiger partial charge in [-0.2, -0.15) is 0 Å². The average molecular weight is 552 g/mol. The number of fused-ring (bicyclic) bond motifs is 2. The van der Waals surface area contributed by atoms with Gasteiger partial charge < -0.3 is 24.4 Å². The molecule has 4 heterocycles. The van der Waals surface area contributed by atoms with Crippen molar-refractivity contribution in [2.45, 2.75) is 63.6 Å². The lowest BCUT2D eigenvalue weighted by atomic mass is 9.70. The zero-order valence-electron chi connectivity index (χ0n) is 23.0. The Morgan fingerprint density at radius 1 is 1.30 bits per heavy atom. The van der Waals surface area contributed by atoms with Crippen molar-refractivity contribution in [1.82, 2.24) is 24.8 Å². The van der Waals surface area contributed by atoms with Crippen molar-refractivity contribution in [1.29, 1.82) is 0 Å². The predicted octanol–water partition coefficient (Wildman–Crippen LogP) is 1.91. The highest BCUT2D eigenvalue weighted by molar-refractivity contribution is 5.98. The topological polar surface area (TPSA) is 127 Å². The molecule has 3 saturated heterocycles. The number of hydrogen-bond acceptors (Lipinski definition) is 8. The first-order chi connectivity index (χ1) is 19.3. The van der Waals surface area contributed by atoms with E-state index in [-0.39, 0.29) is 44.2 Å². The third kappa shape index (κ3) is 4.41. The van der Waals surface area contributed by atoms with E-state index < -0.39 is 41.6 Å². The molecular weight excluding hydrogens is 514 g/mol. The van der Waals surface area contributed by atoms with Crippen molar-refractivity contribution in [3.8, 4) is 0 Å². The van der Waals surface area contributed by atoms with Crippen LogP contribution in [0.3, 0.4) is 0 Å². The molecule has 1 aromatic carbocycles. The number of aliphatic hydroxyl groups is 1. The van der Waals surface area contributed by atoms with Gasteiger partial charge in [-0.3, -0.25) is 14.4 Å². The van der Waals surface area contributed by atoms with Crippen LogP contribution in [0.25, 0.3) is 11.0 Å². The number of nitrogens with zero attached hydrogens (tertiary/aromatic N) is 5. The fourth-order valence-electron chi connectivity index (χ4n) is 6.68. The molecule has 1 N–H and O–H groups in total. The van der Waals surface area contributed by atoms with Gasteiger partial charge in [-0.25, -0.2) is 4.68 Å². The third-order valence-electron chi connectivity index (χ3n) is 8.51. The van der Waals surface area contributed by atoms with Crippen LogP contribution in [0.5, 0.6) is 0 Å². The summed E-state index contributed by atoms with van der Waals surface area (Å²) in [7, 11) is 0. The summed E-state index contributed by atoms with van der Waals surface area (Å²) in [5, 5.41) is 18.8. The molecule has 0 saturated carbocycles. The van der Waals surface area contributed by atoms with E-state index in [1.165, 1.54) is 4.90 Å². The van der Waals surface area contributed by atoms with E-state index >= 15 is 0 Å². The highest BCUT2D eigenvalue weighted by Gasteiger charge is 2.75. The minimum atomic E-state index is -1.20. The second-order valence-electron chi connectivity index (χ2n) is 11.1. The predicted molar refractivity (Wildman–Crippen MR) is 145 cm³/mol. The summed E-state index contributed by atoms with van der Waals surface area (Å²) in [5.41, 5.74) is 0.253. The molecule has 1 spiro atoms. The molecule has 2 unspecified atom stereocenters. The van der Waals surface area contributed by atoms with Gasteiger partial charge >= 0.3 is 5.97 Å². The lowest BCUT2D eigenvalue weighted by Gasteiger charge is -2.40. The van der Waals surface area contributed by atoms with Crippen LogP contribution >= 0.6 is 0 Å². The quantitative estimate of drug-likeness (QED) is 0.241. The average Bonchev–Trinajstić information content (AvgIpc) is 3.68. The smallest absolute Gasteiger partial charge is 0.312 e. The molecule has 0 aliphatic carbocycles. The number of aliphatic hydroxyl groups excluding tert-OH is 1. The van der Waals surface area contributed by atoms with E-state index in [1.807, 2.05) is 38.1 Å². The molecule has 2 bridgehead atoms. The van der Waals surface area contributed by atoms with Crippen LogP contribution < -0.4 is 0 Å². The molecule has 2 aromatic rings. The van der Waals surface area contributed by atoms with Crippen LogP contribution in [-0.2, 0) is 30.5 Å². The van der Waals surface area contributed by atoms with Crippen molar-refractivity contribution in [2.24, 2.45) is 17.8 Å². The van der Waals surface area contributed by atoms with Gasteiger partial charge in [0.2, 0.25) is 11.8 Å². The molecule has 11 heteroatoms. The molecule has 3 aliphatic rings. The maximum Gasteiger partial charge on any atom is 0.312 e. The Morgan fingerprint density at radius 3 is 2.77 bits per heavy atom. The number of benzene rings is 1. The first-order valence-electron chi connectivity index (χ1n) is 13.8.